The van der Waals surface area contributed by atoms with Crippen LogP contribution in [0.15, 0.2) is 36.7 Å². The minimum atomic E-state index is -0.148. The lowest BCUT2D eigenvalue weighted by atomic mass is 10.1. The van der Waals surface area contributed by atoms with Crippen molar-refractivity contribution < 1.29 is 9.53 Å². The van der Waals surface area contributed by atoms with Crippen molar-refractivity contribution in [1.29, 1.82) is 0 Å². The van der Waals surface area contributed by atoms with Gasteiger partial charge in [0.15, 0.2) is 0 Å². The van der Waals surface area contributed by atoms with E-state index < -0.39 is 0 Å². The van der Waals surface area contributed by atoms with E-state index in [0.29, 0.717) is 5.69 Å². The van der Waals surface area contributed by atoms with Gasteiger partial charge in [0.05, 0.1) is 30.6 Å². The molecule has 1 aromatic heterocycles. The van der Waals surface area contributed by atoms with Crippen LogP contribution in [0.5, 0.6) is 0 Å². The zero-order chi connectivity index (χ0) is 17.8. The van der Waals surface area contributed by atoms with E-state index in [2.05, 4.69) is 41.6 Å². The molecule has 1 N–H and O–H groups in total. The molecule has 25 heavy (non-hydrogen) atoms. The van der Waals surface area contributed by atoms with Gasteiger partial charge in [-0.2, -0.15) is 5.10 Å². The molecule has 6 heteroatoms. The number of benzene rings is 1. The Hall–Kier alpha value is -2.34. The molecule has 3 rings (SSSR count). The zero-order valence-corrected chi connectivity index (χ0v) is 15.1. The first-order chi connectivity index (χ1) is 12.0. The maximum atomic E-state index is 12.5. The monoisotopic (exact) mass is 342 g/mol. The molecule has 2 heterocycles. The van der Waals surface area contributed by atoms with Gasteiger partial charge in [-0.3, -0.25) is 4.68 Å². The van der Waals surface area contributed by atoms with E-state index in [1.165, 1.54) is 5.56 Å². The Morgan fingerprint density at radius 2 is 2.20 bits per heavy atom. The third-order valence-electron chi connectivity index (χ3n) is 4.76. The molecule has 2 atom stereocenters. The minimum Gasteiger partial charge on any atom is -0.376 e. The van der Waals surface area contributed by atoms with Gasteiger partial charge < -0.3 is 15.0 Å². The summed E-state index contributed by atoms with van der Waals surface area (Å²) in [7, 11) is 1.80. The average Bonchev–Trinajstić information content (AvgIpc) is 3.27. The maximum Gasteiger partial charge on any atom is 0.322 e. The molecule has 1 aliphatic heterocycles. The summed E-state index contributed by atoms with van der Waals surface area (Å²) >= 11 is 0. The minimum absolute atomic E-state index is 0.0115. The molecule has 134 valence electrons. The van der Waals surface area contributed by atoms with Gasteiger partial charge in [0.25, 0.3) is 0 Å². The Kier molecular flexibility index (Phi) is 5.38. The Morgan fingerprint density at radius 3 is 2.88 bits per heavy atom. The number of ether oxygens (including phenoxy) is 1. The van der Waals surface area contributed by atoms with E-state index in [1.807, 2.05) is 17.8 Å². The first kappa shape index (κ1) is 17.5. The molecule has 1 aliphatic rings. The molecule has 1 saturated heterocycles. The summed E-state index contributed by atoms with van der Waals surface area (Å²) in [6.45, 7) is 5.63. The van der Waals surface area contributed by atoms with Crippen molar-refractivity contribution in [2.45, 2.75) is 45.4 Å². The zero-order valence-electron chi connectivity index (χ0n) is 15.1. The van der Waals surface area contributed by atoms with Gasteiger partial charge in [0.2, 0.25) is 0 Å². The van der Waals surface area contributed by atoms with Crippen LogP contribution in [0.1, 0.15) is 36.9 Å². The van der Waals surface area contributed by atoms with Crippen molar-refractivity contribution >= 4 is 11.7 Å². The molecule has 2 unspecified atom stereocenters. The van der Waals surface area contributed by atoms with E-state index >= 15 is 0 Å². The van der Waals surface area contributed by atoms with Crippen molar-refractivity contribution in [2.75, 3.05) is 19.0 Å². The SMILES string of the molecule is Cc1ccc(C(C)N(C)C(=O)Nc2cnn(CC3CCCO3)c2)cc1. The van der Waals surface area contributed by atoms with Crippen molar-refractivity contribution in [2.24, 2.45) is 0 Å². The van der Waals surface area contributed by atoms with E-state index in [-0.39, 0.29) is 18.2 Å². The lowest BCUT2D eigenvalue weighted by Crippen LogP contribution is -2.33. The van der Waals surface area contributed by atoms with Crippen LogP contribution in [-0.2, 0) is 11.3 Å². The van der Waals surface area contributed by atoms with Crippen molar-refractivity contribution in [1.82, 2.24) is 14.7 Å². The summed E-state index contributed by atoms with van der Waals surface area (Å²) in [6, 6.07) is 8.08. The quantitative estimate of drug-likeness (QED) is 0.903. The maximum absolute atomic E-state index is 12.5. The van der Waals surface area contributed by atoms with E-state index in [4.69, 9.17) is 4.74 Å². The smallest absolute Gasteiger partial charge is 0.322 e. The average molecular weight is 342 g/mol. The highest BCUT2D eigenvalue weighted by atomic mass is 16.5. The van der Waals surface area contributed by atoms with Crippen LogP contribution in [0.25, 0.3) is 0 Å². The van der Waals surface area contributed by atoms with Crippen LogP contribution in [0, 0.1) is 6.92 Å². The number of nitrogens with zero attached hydrogens (tertiary/aromatic N) is 3. The van der Waals surface area contributed by atoms with Crippen LogP contribution < -0.4 is 5.32 Å². The van der Waals surface area contributed by atoms with Gasteiger partial charge in [-0.25, -0.2) is 4.79 Å². The number of nitrogens with one attached hydrogen (secondary N) is 1. The number of aryl methyl sites for hydroxylation is 1. The predicted octanol–water partition coefficient (Wildman–Crippen LogP) is 3.60. The Labute approximate surface area is 148 Å². The van der Waals surface area contributed by atoms with Crippen LogP contribution in [0.2, 0.25) is 0 Å². The van der Waals surface area contributed by atoms with E-state index in [1.54, 1.807) is 18.1 Å². The summed E-state index contributed by atoms with van der Waals surface area (Å²) in [5.41, 5.74) is 3.02. The molecule has 1 aromatic carbocycles. The number of hydrogen-bond acceptors (Lipinski definition) is 3. The summed E-state index contributed by atoms with van der Waals surface area (Å²) in [5.74, 6) is 0. The van der Waals surface area contributed by atoms with E-state index in [9.17, 15) is 4.79 Å². The van der Waals surface area contributed by atoms with Crippen LogP contribution in [0.4, 0.5) is 10.5 Å². The van der Waals surface area contributed by atoms with Gasteiger partial charge in [0, 0.05) is 19.9 Å². The standard InChI is InChI=1S/C19H26N4O2/c1-14-6-8-16(9-7-14)15(2)22(3)19(24)21-17-11-20-23(12-17)13-18-5-4-10-25-18/h6-9,11-12,15,18H,4-5,10,13H2,1-3H3,(H,21,24). The van der Waals surface area contributed by atoms with Gasteiger partial charge in [-0.05, 0) is 32.3 Å². The van der Waals surface area contributed by atoms with Gasteiger partial charge in [0.1, 0.15) is 0 Å². The largest absolute Gasteiger partial charge is 0.376 e. The second-order valence-corrected chi connectivity index (χ2v) is 6.71. The summed E-state index contributed by atoms with van der Waals surface area (Å²) in [5, 5.41) is 7.22. The highest BCUT2D eigenvalue weighted by Gasteiger charge is 2.19. The third kappa shape index (κ3) is 4.39. The number of carbonyl (C=O) groups excluding carboxylic acids is 1. The highest BCUT2D eigenvalue weighted by molar-refractivity contribution is 5.89. The second kappa shape index (κ2) is 7.70. The normalized spacial score (nSPS) is 18.1. The molecule has 0 radical (unpaired) electrons. The van der Waals surface area contributed by atoms with Crippen molar-refractivity contribution in [3.63, 3.8) is 0 Å². The first-order valence-electron chi connectivity index (χ1n) is 8.77. The molecule has 0 spiro atoms. The molecular formula is C19H26N4O2. The Balaban J connectivity index is 1.57. The molecule has 1 fully saturated rings. The van der Waals surface area contributed by atoms with Crippen molar-refractivity contribution in [3.8, 4) is 0 Å². The fourth-order valence-corrected chi connectivity index (χ4v) is 2.98. The molecule has 2 amide bonds. The Bertz CT molecular complexity index is 704. The van der Waals surface area contributed by atoms with E-state index in [0.717, 1.165) is 31.6 Å². The number of rotatable bonds is 5. The fourth-order valence-electron chi connectivity index (χ4n) is 2.98. The molecule has 6 nitrogen and oxygen atoms in total. The number of amides is 2. The van der Waals surface area contributed by atoms with Crippen LogP contribution in [-0.4, -0.2) is 40.5 Å². The van der Waals surface area contributed by atoms with Gasteiger partial charge in [-0.15, -0.1) is 0 Å². The number of anilines is 1. The Morgan fingerprint density at radius 1 is 1.44 bits per heavy atom. The molecule has 0 bridgehead atoms. The first-order valence-corrected chi connectivity index (χ1v) is 8.77. The number of hydrogen-bond donors (Lipinski definition) is 1. The molecule has 0 saturated carbocycles. The van der Waals surface area contributed by atoms with Crippen molar-refractivity contribution in [3.05, 3.63) is 47.8 Å². The number of aromatic nitrogens is 2. The van der Waals surface area contributed by atoms with Crippen LogP contribution >= 0.6 is 0 Å². The van der Waals surface area contributed by atoms with Gasteiger partial charge >= 0.3 is 6.03 Å². The lowest BCUT2D eigenvalue weighted by molar-refractivity contribution is 0.0940. The van der Waals surface area contributed by atoms with Gasteiger partial charge in [-0.1, -0.05) is 29.8 Å². The lowest BCUT2D eigenvalue weighted by Gasteiger charge is -2.25. The highest BCUT2D eigenvalue weighted by Crippen LogP contribution is 2.20. The molecular weight excluding hydrogens is 316 g/mol. The summed E-state index contributed by atoms with van der Waals surface area (Å²) < 4.78 is 7.45. The third-order valence-corrected chi connectivity index (χ3v) is 4.76. The topological polar surface area (TPSA) is 59.4 Å². The summed E-state index contributed by atoms with van der Waals surface area (Å²) in [6.07, 6.45) is 5.93. The molecule has 2 aromatic rings. The summed E-state index contributed by atoms with van der Waals surface area (Å²) in [4.78, 5) is 14.2. The fraction of sp³-hybridized carbons (Fsp3) is 0.474. The second-order valence-electron chi connectivity index (χ2n) is 6.71. The number of urea groups is 1. The van der Waals surface area contributed by atoms with Crippen LogP contribution in [0.3, 0.4) is 0 Å². The number of carbonyl (C=O) groups is 1. The predicted molar refractivity (Wildman–Crippen MR) is 97.6 cm³/mol. The molecule has 0 aliphatic carbocycles.